The summed E-state index contributed by atoms with van der Waals surface area (Å²) in [5.74, 6) is -1.34. The van der Waals surface area contributed by atoms with Crippen molar-refractivity contribution in [2.75, 3.05) is 0 Å². The van der Waals surface area contributed by atoms with Gasteiger partial charge in [-0.2, -0.15) is 0 Å². The molecule has 0 aliphatic rings. The van der Waals surface area contributed by atoms with Gasteiger partial charge in [-0.3, -0.25) is 4.98 Å². The largest absolute Gasteiger partial charge is 0.444 e. The number of carbonyl (C=O) groups excluding carboxylic acids is 1. The average molecular weight is 384 g/mol. The molecule has 1 N–H and O–H groups in total. The van der Waals surface area contributed by atoms with Crippen LogP contribution in [0.2, 0.25) is 0 Å². The SMILES string of the molecule is CC(NC(=O)OC(C)(C)C)c1ccc(-c2ccnc3c(F)cc(F)cc23)cc1. The van der Waals surface area contributed by atoms with Gasteiger partial charge in [0.1, 0.15) is 16.9 Å². The van der Waals surface area contributed by atoms with E-state index in [4.69, 9.17) is 4.74 Å². The van der Waals surface area contributed by atoms with E-state index in [2.05, 4.69) is 10.3 Å². The van der Waals surface area contributed by atoms with Crippen molar-refractivity contribution in [1.82, 2.24) is 10.3 Å². The lowest BCUT2D eigenvalue weighted by molar-refractivity contribution is 0.0508. The summed E-state index contributed by atoms with van der Waals surface area (Å²) in [4.78, 5) is 15.9. The number of fused-ring (bicyclic) bond motifs is 1. The molecule has 0 saturated carbocycles. The molecule has 0 aliphatic heterocycles. The van der Waals surface area contributed by atoms with Crippen LogP contribution in [0, 0.1) is 11.6 Å². The van der Waals surface area contributed by atoms with Gasteiger partial charge in [-0.25, -0.2) is 13.6 Å². The lowest BCUT2D eigenvalue weighted by Crippen LogP contribution is -2.34. The number of aromatic nitrogens is 1. The molecule has 1 atom stereocenters. The van der Waals surface area contributed by atoms with Gasteiger partial charge in [-0.1, -0.05) is 24.3 Å². The van der Waals surface area contributed by atoms with Gasteiger partial charge in [-0.15, -0.1) is 0 Å². The van der Waals surface area contributed by atoms with E-state index in [0.717, 1.165) is 17.2 Å². The minimum atomic E-state index is -0.691. The first kappa shape index (κ1) is 19.7. The van der Waals surface area contributed by atoms with Gasteiger partial charge in [0.25, 0.3) is 0 Å². The van der Waals surface area contributed by atoms with Crippen molar-refractivity contribution < 1.29 is 18.3 Å². The van der Waals surface area contributed by atoms with Gasteiger partial charge in [0.2, 0.25) is 0 Å². The highest BCUT2D eigenvalue weighted by Crippen LogP contribution is 2.30. The maximum absolute atomic E-state index is 14.0. The van der Waals surface area contributed by atoms with E-state index in [1.807, 2.05) is 31.2 Å². The molecule has 0 aliphatic carbocycles. The van der Waals surface area contributed by atoms with E-state index in [1.165, 1.54) is 12.3 Å². The molecule has 0 saturated heterocycles. The van der Waals surface area contributed by atoms with Crippen LogP contribution in [0.3, 0.4) is 0 Å². The molecule has 1 unspecified atom stereocenters. The highest BCUT2D eigenvalue weighted by atomic mass is 19.1. The Morgan fingerprint density at radius 1 is 1.11 bits per heavy atom. The van der Waals surface area contributed by atoms with E-state index in [1.54, 1.807) is 26.8 Å². The van der Waals surface area contributed by atoms with Crippen LogP contribution in [0.5, 0.6) is 0 Å². The smallest absolute Gasteiger partial charge is 0.408 e. The molecule has 1 amide bonds. The Labute approximate surface area is 162 Å². The summed E-state index contributed by atoms with van der Waals surface area (Å²) in [6.07, 6.45) is 1.01. The molecule has 1 aromatic heterocycles. The summed E-state index contributed by atoms with van der Waals surface area (Å²) in [6, 6.07) is 11.0. The van der Waals surface area contributed by atoms with Gasteiger partial charge in [-0.05, 0) is 56.5 Å². The normalized spacial score (nSPS) is 12.6. The first-order valence-corrected chi connectivity index (χ1v) is 8.97. The Balaban J connectivity index is 1.85. The number of nitrogens with one attached hydrogen (secondary N) is 1. The van der Waals surface area contributed by atoms with Gasteiger partial charge in [0, 0.05) is 17.6 Å². The van der Waals surface area contributed by atoms with Crippen LogP contribution in [0.15, 0.2) is 48.7 Å². The Morgan fingerprint density at radius 2 is 1.79 bits per heavy atom. The van der Waals surface area contributed by atoms with Crippen LogP contribution in [-0.4, -0.2) is 16.7 Å². The summed E-state index contributed by atoms with van der Waals surface area (Å²) in [5.41, 5.74) is 1.92. The Morgan fingerprint density at radius 3 is 2.43 bits per heavy atom. The minimum absolute atomic E-state index is 0.128. The fraction of sp³-hybridized carbons (Fsp3) is 0.273. The standard InChI is InChI=1S/C22H22F2N2O2/c1-13(26-21(27)28-22(2,3)4)14-5-7-15(8-6-14)17-9-10-25-20-18(17)11-16(23)12-19(20)24/h5-13H,1-4H3,(H,26,27). The number of hydrogen-bond acceptors (Lipinski definition) is 3. The molecule has 6 heteroatoms. The van der Waals surface area contributed by atoms with E-state index < -0.39 is 23.3 Å². The number of alkyl carbamates (subject to hydrolysis) is 1. The summed E-state index contributed by atoms with van der Waals surface area (Å²) in [5, 5.41) is 3.20. The lowest BCUT2D eigenvalue weighted by Gasteiger charge is -2.22. The van der Waals surface area contributed by atoms with Crippen molar-refractivity contribution in [2.45, 2.75) is 39.3 Å². The van der Waals surface area contributed by atoms with Crippen molar-refractivity contribution >= 4 is 17.0 Å². The number of amides is 1. The predicted octanol–water partition coefficient (Wildman–Crippen LogP) is 5.77. The molecular weight excluding hydrogens is 362 g/mol. The van der Waals surface area contributed by atoms with Gasteiger partial charge in [0.15, 0.2) is 5.82 Å². The third-order valence-electron chi connectivity index (χ3n) is 4.22. The first-order valence-electron chi connectivity index (χ1n) is 8.97. The van der Waals surface area contributed by atoms with Crippen molar-refractivity contribution in [3.05, 3.63) is 65.9 Å². The number of nitrogens with zero attached hydrogens (tertiary/aromatic N) is 1. The molecule has 0 fully saturated rings. The predicted molar refractivity (Wildman–Crippen MR) is 105 cm³/mol. The molecule has 146 valence electrons. The molecule has 4 nitrogen and oxygen atoms in total. The third-order valence-corrected chi connectivity index (χ3v) is 4.22. The summed E-state index contributed by atoms with van der Waals surface area (Å²) in [6.45, 7) is 7.26. The number of ether oxygens (including phenoxy) is 1. The zero-order valence-electron chi connectivity index (χ0n) is 16.2. The van der Waals surface area contributed by atoms with E-state index in [-0.39, 0.29) is 11.6 Å². The topological polar surface area (TPSA) is 51.2 Å². The fourth-order valence-corrected chi connectivity index (χ4v) is 2.95. The zero-order chi connectivity index (χ0) is 20.5. The Bertz CT molecular complexity index is 1010. The highest BCUT2D eigenvalue weighted by Gasteiger charge is 2.18. The van der Waals surface area contributed by atoms with Gasteiger partial charge < -0.3 is 10.1 Å². The molecule has 3 aromatic rings. The maximum Gasteiger partial charge on any atom is 0.408 e. The molecular formula is C22H22F2N2O2. The zero-order valence-corrected chi connectivity index (χ0v) is 16.2. The molecule has 28 heavy (non-hydrogen) atoms. The van der Waals surface area contributed by atoms with Gasteiger partial charge in [0.05, 0.1) is 6.04 Å². The summed E-state index contributed by atoms with van der Waals surface area (Å²) >= 11 is 0. The maximum atomic E-state index is 14.0. The van der Waals surface area contributed by atoms with Crippen LogP contribution < -0.4 is 5.32 Å². The Hall–Kier alpha value is -3.02. The summed E-state index contributed by atoms with van der Waals surface area (Å²) < 4.78 is 32.9. The second kappa shape index (κ2) is 7.54. The van der Waals surface area contributed by atoms with Crippen molar-refractivity contribution in [2.24, 2.45) is 0 Å². The highest BCUT2D eigenvalue weighted by molar-refractivity contribution is 5.94. The van der Waals surface area contributed by atoms with E-state index in [0.29, 0.717) is 10.9 Å². The van der Waals surface area contributed by atoms with Crippen LogP contribution in [0.1, 0.15) is 39.3 Å². The van der Waals surface area contributed by atoms with E-state index >= 15 is 0 Å². The van der Waals surface area contributed by atoms with Crippen molar-refractivity contribution in [3.63, 3.8) is 0 Å². The van der Waals surface area contributed by atoms with Crippen LogP contribution in [0.4, 0.5) is 13.6 Å². The Kier molecular flexibility index (Phi) is 5.31. The van der Waals surface area contributed by atoms with Crippen LogP contribution in [0.25, 0.3) is 22.0 Å². The molecule has 0 radical (unpaired) electrons. The number of rotatable bonds is 3. The number of carbonyl (C=O) groups is 1. The monoisotopic (exact) mass is 384 g/mol. The quantitative estimate of drug-likeness (QED) is 0.624. The molecule has 0 bridgehead atoms. The minimum Gasteiger partial charge on any atom is -0.444 e. The number of benzene rings is 2. The van der Waals surface area contributed by atoms with Crippen LogP contribution >= 0.6 is 0 Å². The number of hydrogen-bond donors (Lipinski definition) is 1. The second-order valence-electron chi connectivity index (χ2n) is 7.63. The van der Waals surface area contributed by atoms with Crippen LogP contribution in [-0.2, 0) is 4.74 Å². The first-order chi connectivity index (χ1) is 13.1. The van der Waals surface area contributed by atoms with Crippen molar-refractivity contribution in [3.8, 4) is 11.1 Å². The second-order valence-corrected chi connectivity index (χ2v) is 7.63. The number of pyridine rings is 1. The number of halogens is 2. The lowest BCUT2D eigenvalue weighted by atomic mass is 9.98. The average Bonchev–Trinajstić information content (AvgIpc) is 2.59. The summed E-state index contributed by atoms with van der Waals surface area (Å²) in [7, 11) is 0. The molecule has 3 rings (SSSR count). The van der Waals surface area contributed by atoms with Gasteiger partial charge >= 0.3 is 6.09 Å². The molecule has 2 aromatic carbocycles. The molecule has 1 heterocycles. The molecule has 0 spiro atoms. The fourth-order valence-electron chi connectivity index (χ4n) is 2.95. The van der Waals surface area contributed by atoms with Crippen molar-refractivity contribution in [1.29, 1.82) is 0 Å². The van der Waals surface area contributed by atoms with E-state index in [9.17, 15) is 13.6 Å². The third kappa shape index (κ3) is 4.44.